The predicted octanol–water partition coefficient (Wildman–Crippen LogP) is 0.638. The highest BCUT2D eigenvalue weighted by Gasteiger charge is 2.29. The molecule has 2 rings (SSSR count). The number of nitrogens with zero attached hydrogens (tertiary/aromatic N) is 4. The Morgan fingerprint density at radius 1 is 0.952 bits per heavy atom. The molecule has 0 aliphatic heterocycles. The van der Waals surface area contributed by atoms with Gasteiger partial charge >= 0.3 is 6.92 Å². The van der Waals surface area contributed by atoms with Crippen molar-refractivity contribution in [3.05, 3.63) is 35.7 Å². The van der Waals surface area contributed by atoms with Crippen molar-refractivity contribution in [1.82, 2.24) is 9.13 Å². The summed E-state index contributed by atoms with van der Waals surface area (Å²) in [5, 5.41) is 18.2. The molecule has 0 radical (unpaired) electrons. The Morgan fingerprint density at radius 3 is 1.67 bits per heavy atom. The molecular formula is C15H17BN4O. The highest BCUT2D eigenvalue weighted by molar-refractivity contribution is 6.79. The summed E-state index contributed by atoms with van der Waals surface area (Å²) in [5.74, 6) is 0. The number of rotatable bonds is 4. The van der Waals surface area contributed by atoms with Crippen molar-refractivity contribution in [1.29, 1.82) is 10.5 Å². The third-order valence-corrected chi connectivity index (χ3v) is 3.50. The van der Waals surface area contributed by atoms with Crippen molar-refractivity contribution >= 4 is 18.1 Å². The summed E-state index contributed by atoms with van der Waals surface area (Å²) in [6.07, 6.45) is 0.0240. The molecule has 106 valence electrons. The van der Waals surface area contributed by atoms with Crippen molar-refractivity contribution in [2.75, 3.05) is 0 Å². The van der Waals surface area contributed by atoms with Gasteiger partial charge < -0.3 is 13.8 Å². The van der Waals surface area contributed by atoms with Crippen LogP contribution in [0, 0.1) is 22.7 Å². The molecule has 2 heterocycles. The number of aromatic nitrogens is 2. The van der Waals surface area contributed by atoms with Crippen LogP contribution in [-0.4, -0.2) is 22.2 Å². The Bertz CT molecular complexity index is 672. The molecule has 0 unspecified atom stereocenters. The first-order valence-corrected chi connectivity index (χ1v) is 6.76. The van der Waals surface area contributed by atoms with Gasteiger partial charge in [0.05, 0.1) is 0 Å². The van der Waals surface area contributed by atoms with E-state index in [0.29, 0.717) is 11.4 Å². The molecule has 0 aromatic carbocycles. The molecule has 0 aliphatic carbocycles. The van der Waals surface area contributed by atoms with Crippen LogP contribution >= 0.6 is 0 Å². The van der Waals surface area contributed by atoms with Crippen LogP contribution in [0.15, 0.2) is 24.3 Å². The number of hydrogen-bond donors (Lipinski definition) is 0. The molecule has 0 fully saturated rings. The van der Waals surface area contributed by atoms with Gasteiger partial charge in [-0.25, -0.2) is 0 Å². The minimum atomic E-state index is -0.316. The van der Waals surface area contributed by atoms with Gasteiger partial charge in [-0.15, -0.1) is 0 Å². The van der Waals surface area contributed by atoms with E-state index in [1.807, 2.05) is 49.2 Å². The Labute approximate surface area is 125 Å². The maximum Gasteiger partial charge on any atom is 0.396 e. The summed E-state index contributed by atoms with van der Waals surface area (Å²) < 4.78 is 9.69. The zero-order valence-electron chi connectivity index (χ0n) is 12.7. The highest BCUT2D eigenvalue weighted by Crippen LogP contribution is 2.04. The van der Waals surface area contributed by atoms with Crippen LogP contribution in [0.5, 0.6) is 0 Å². The second kappa shape index (κ2) is 5.91. The normalized spacial score (nSPS) is 10.4. The summed E-state index contributed by atoms with van der Waals surface area (Å²) in [7, 11) is 3.69. The minimum Gasteiger partial charge on any atom is -0.423 e. The van der Waals surface area contributed by atoms with Gasteiger partial charge in [0.1, 0.15) is 23.5 Å². The Balaban J connectivity index is 2.53. The average molecular weight is 280 g/mol. The Hall–Kier alpha value is -2.44. The minimum absolute atomic E-state index is 0.0240. The molecule has 0 saturated carbocycles. The summed E-state index contributed by atoms with van der Waals surface area (Å²) in [4.78, 5) is 0. The lowest BCUT2D eigenvalue weighted by atomic mass is 9.60. The Morgan fingerprint density at radius 2 is 1.38 bits per heavy atom. The van der Waals surface area contributed by atoms with Gasteiger partial charge in [0.25, 0.3) is 0 Å². The average Bonchev–Trinajstić information content (AvgIpc) is 2.99. The molecule has 0 atom stereocenters. The molecule has 2 aromatic rings. The van der Waals surface area contributed by atoms with Crippen molar-refractivity contribution in [3.63, 3.8) is 0 Å². The van der Waals surface area contributed by atoms with Crippen molar-refractivity contribution in [3.8, 4) is 12.1 Å². The molecule has 2 aromatic heterocycles. The van der Waals surface area contributed by atoms with Crippen LogP contribution in [0.4, 0.5) is 0 Å². The van der Waals surface area contributed by atoms with E-state index < -0.39 is 0 Å². The maximum absolute atomic E-state index is 9.10. The van der Waals surface area contributed by atoms with Crippen LogP contribution in [0.3, 0.4) is 0 Å². The van der Waals surface area contributed by atoms with E-state index in [9.17, 15) is 0 Å². The van der Waals surface area contributed by atoms with E-state index in [0.717, 1.165) is 11.2 Å². The first kappa shape index (κ1) is 15.0. The van der Waals surface area contributed by atoms with Gasteiger partial charge in [-0.1, -0.05) is 0 Å². The summed E-state index contributed by atoms with van der Waals surface area (Å²) in [6.45, 7) is 3.62. The fourth-order valence-electron chi connectivity index (χ4n) is 2.37. The predicted molar refractivity (Wildman–Crippen MR) is 81.5 cm³/mol. The second-order valence-electron chi connectivity index (χ2n) is 5.19. The van der Waals surface area contributed by atoms with Gasteiger partial charge in [-0.3, -0.25) is 0 Å². The van der Waals surface area contributed by atoms with E-state index in [-0.39, 0.29) is 13.0 Å². The molecule has 0 N–H and O–H groups in total. The van der Waals surface area contributed by atoms with E-state index in [1.165, 1.54) is 0 Å². The highest BCUT2D eigenvalue weighted by atomic mass is 16.4. The van der Waals surface area contributed by atoms with Crippen molar-refractivity contribution < 1.29 is 4.65 Å². The van der Waals surface area contributed by atoms with E-state index in [2.05, 4.69) is 12.1 Å². The third kappa shape index (κ3) is 2.72. The quantitative estimate of drug-likeness (QED) is 0.772. The zero-order chi connectivity index (χ0) is 15.6. The van der Waals surface area contributed by atoms with Gasteiger partial charge in [-0.05, 0) is 38.1 Å². The van der Waals surface area contributed by atoms with Crippen LogP contribution in [-0.2, 0) is 18.7 Å². The van der Waals surface area contributed by atoms with Crippen LogP contribution in [0.1, 0.15) is 25.2 Å². The van der Waals surface area contributed by atoms with Gasteiger partial charge in [0.2, 0.25) is 0 Å². The number of nitriles is 2. The van der Waals surface area contributed by atoms with Gasteiger partial charge in [-0.2, -0.15) is 10.5 Å². The Kier molecular flexibility index (Phi) is 4.21. The zero-order valence-corrected chi connectivity index (χ0v) is 12.7. The summed E-state index contributed by atoms with van der Waals surface area (Å²) in [6, 6.07) is 11.7. The molecular weight excluding hydrogens is 263 g/mol. The SMILES string of the molecule is CC(C)OB(c1ccc(C#N)n1C)c1ccc(C#N)n1C. The first-order valence-electron chi connectivity index (χ1n) is 6.76. The molecule has 21 heavy (non-hydrogen) atoms. The monoisotopic (exact) mass is 280 g/mol. The van der Waals surface area contributed by atoms with Crippen LogP contribution in [0.2, 0.25) is 0 Å². The standard InChI is InChI=1S/C15H17BN4O/c1-11(2)21-16(14-7-5-12(9-17)19(14)3)15-8-6-13(10-18)20(15)4/h5-8,11H,1-4H3. The molecule has 0 amide bonds. The smallest absolute Gasteiger partial charge is 0.396 e. The third-order valence-electron chi connectivity index (χ3n) is 3.50. The fourth-order valence-corrected chi connectivity index (χ4v) is 2.37. The van der Waals surface area contributed by atoms with E-state index in [1.54, 1.807) is 12.1 Å². The topological polar surface area (TPSA) is 66.7 Å². The van der Waals surface area contributed by atoms with Crippen LogP contribution < -0.4 is 11.2 Å². The molecule has 0 aliphatic rings. The summed E-state index contributed by atoms with van der Waals surface area (Å²) >= 11 is 0. The lowest BCUT2D eigenvalue weighted by Gasteiger charge is -2.19. The van der Waals surface area contributed by atoms with Gasteiger partial charge in [0, 0.05) is 31.4 Å². The lowest BCUT2D eigenvalue weighted by molar-refractivity contribution is 0.252. The molecule has 5 nitrogen and oxygen atoms in total. The van der Waals surface area contributed by atoms with E-state index >= 15 is 0 Å². The molecule has 0 bridgehead atoms. The first-order chi connectivity index (χ1) is 9.99. The van der Waals surface area contributed by atoms with E-state index in [4.69, 9.17) is 15.2 Å². The molecule has 6 heteroatoms. The molecule has 0 saturated heterocycles. The second-order valence-corrected chi connectivity index (χ2v) is 5.19. The van der Waals surface area contributed by atoms with Crippen LogP contribution in [0.25, 0.3) is 0 Å². The van der Waals surface area contributed by atoms with Crippen molar-refractivity contribution in [2.24, 2.45) is 14.1 Å². The summed E-state index contributed by atoms with van der Waals surface area (Å²) in [5.41, 5.74) is 2.95. The largest absolute Gasteiger partial charge is 0.423 e. The molecule has 0 spiro atoms. The fraction of sp³-hybridized carbons (Fsp3) is 0.333. The van der Waals surface area contributed by atoms with Gasteiger partial charge in [0.15, 0.2) is 0 Å². The lowest BCUT2D eigenvalue weighted by Crippen LogP contribution is -2.51. The number of hydrogen-bond acceptors (Lipinski definition) is 3. The maximum atomic E-state index is 9.10. The van der Waals surface area contributed by atoms with Crippen molar-refractivity contribution in [2.45, 2.75) is 20.0 Å².